The second-order valence-corrected chi connectivity index (χ2v) is 5.11. The summed E-state index contributed by atoms with van der Waals surface area (Å²) < 4.78 is 2.28. The van der Waals surface area contributed by atoms with Crippen molar-refractivity contribution in [1.29, 1.82) is 0 Å². The molecule has 2 heterocycles. The molecule has 1 aliphatic rings. The number of nitrogens with two attached hydrogens (primary N) is 1. The molecule has 3 atom stereocenters. The summed E-state index contributed by atoms with van der Waals surface area (Å²) in [6.07, 6.45) is 5.02. The first-order chi connectivity index (χ1) is 7.59. The zero-order valence-electron chi connectivity index (χ0n) is 10.4. The van der Waals surface area contributed by atoms with E-state index in [2.05, 4.69) is 28.4 Å². The molecule has 3 unspecified atom stereocenters. The van der Waals surface area contributed by atoms with Gasteiger partial charge in [-0.15, -0.1) is 0 Å². The molecule has 1 aliphatic heterocycles. The van der Waals surface area contributed by atoms with Crippen LogP contribution in [0.2, 0.25) is 0 Å². The maximum absolute atomic E-state index is 5.97. The second kappa shape index (κ2) is 4.55. The normalized spacial score (nSPS) is 29.2. The number of nitrogens with zero attached hydrogens (tertiary/aromatic N) is 3. The molecule has 2 rings (SSSR count). The van der Waals surface area contributed by atoms with Crippen LogP contribution in [0, 0.1) is 5.92 Å². The summed E-state index contributed by atoms with van der Waals surface area (Å²) >= 11 is 0. The van der Waals surface area contributed by atoms with E-state index in [1.54, 1.807) is 0 Å². The number of likely N-dealkylation sites (tertiary alicyclic amines) is 1. The third-order valence-corrected chi connectivity index (χ3v) is 3.58. The predicted octanol–water partition coefficient (Wildman–Crippen LogP) is 1.42. The topological polar surface area (TPSA) is 47.1 Å². The van der Waals surface area contributed by atoms with Crippen molar-refractivity contribution in [3.63, 3.8) is 0 Å². The molecule has 0 saturated carbocycles. The lowest BCUT2D eigenvalue weighted by atomic mass is 9.93. The van der Waals surface area contributed by atoms with Gasteiger partial charge in [0.05, 0.1) is 12.0 Å². The Morgan fingerprint density at radius 1 is 1.56 bits per heavy atom. The Bertz CT molecular complexity index is 345. The minimum atomic E-state index is 0.0642. The van der Waals surface area contributed by atoms with Crippen LogP contribution in [0.15, 0.2) is 12.5 Å². The average molecular weight is 222 g/mol. The first kappa shape index (κ1) is 11.6. The highest BCUT2D eigenvalue weighted by Crippen LogP contribution is 2.29. The van der Waals surface area contributed by atoms with Gasteiger partial charge in [0.25, 0.3) is 0 Å². The highest BCUT2D eigenvalue weighted by atomic mass is 15.2. The first-order valence-electron chi connectivity index (χ1n) is 6.05. The molecule has 0 aromatic carbocycles. The Hall–Kier alpha value is -0.870. The fourth-order valence-corrected chi connectivity index (χ4v) is 2.70. The Morgan fingerprint density at radius 2 is 2.31 bits per heavy atom. The van der Waals surface area contributed by atoms with Crippen molar-refractivity contribution < 1.29 is 0 Å². The van der Waals surface area contributed by atoms with E-state index in [0.29, 0.717) is 12.0 Å². The standard InChI is InChI=1S/C12H22N4/c1-9-7-15(3)5-4-11(9)16-8-14-6-12(16)10(2)13/h6,8-11H,4-5,7,13H2,1-3H3. The minimum Gasteiger partial charge on any atom is -0.330 e. The van der Waals surface area contributed by atoms with Gasteiger partial charge in [-0.1, -0.05) is 6.92 Å². The van der Waals surface area contributed by atoms with Gasteiger partial charge >= 0.3 is 0 Å². The van der Waals surface area contributed by atoms with Crippen molar-refractivity contribution in [2.24, 2.45) is 11.7 Å². The van der Waals surface area contributed by atoms with Crippen LogP contribution in [-0.2, 0) is 0 Å². The van der Waals surface area contributed by atoms with E-state index in [9.17, 15) is 0 Å². The van der Waals surface area contributed by atoms with Crippen molar-refractivity contribution in [3.8, 4) is 0 Å². The van der Waals surface area contributed by atoms with Crippen molar-refractivity contribution in [2.75, 3.05) is 20.1 Å². The van der Waals surface area contributed by atoms with Gasteiger partial charge in [0.1, 0.15) is 0 Å². The molecule has 4 nitrogen and oxygen atoms in total. The molecule has 0 radical (unpaired) electrons. The average Bonchev–Trinajstić information content (AvgIpc) is 2.66. The van der Waals surface area contributed by atoms with Crippen LogP contribution < -0.4 is 5.73 Å². The summed E-state index contributed by atoms with van der Waals surface area (Å²) in [5, 5.41) is 0. The van der Waals surface area contributed by atoms with Gasteiger partial charge in [-0.2, -0.15) is 0 Å². The van der Waals surface area contributed by atoms with Crippen molar-refractivity contribution >= 4 is 0 Å². The summed E-state index contributed by atoms with van der Waals surface area (Å²) in [6, 6.07) is 0.619. The summed E-state index contributed by atoms with van der Waals surface area (Å²) in [5.41, 5.74) is 7.12. The van der Waals surface area contributed by atoms with Crippen molar-refractivity contribution in [1.82, 2.24) is 14.5 Å². The Morgan fingerprint density at radius 3 is 2.94 bits per heavy atom. The zero-order valence-corrected chi connectivity index (χ0v) is 10.4. The summed E-state index contributed by atoms with van der Waals surface area (Å²) in [6.45, 7) is 6.64. The first-order valence-corrected chi connectivity index (χ1v) is 6.05. The molecule has 2 N–H and O–H groups in total. The van der Waals surface area contributed by atoms with Gasteiger partial charge in [0, 0.05) is 24.8 Å². The van der Waals surface area contributed by atoms with E-state index in [4.69, 9.17) is 5.73 Å². The molecule has 1 aromatic rings. The van der Waals surface area contributed by atoms with Gasteiger partial charge in [0.15, 0.2) is 0 Å². The van der Waals surface area contributed by atoms with E-state index in [1.165, 1.54) is 6.42 Å². The molecule has 4 heteroatoms. The molecule has 90 valence electrons. The maximum atomic E-state index is 5.97. The molecule has 0 spiro atoms. The Kier molecular flexibility index (Phi) is 3.30. The van der Waals surface area contributed by atoms with Crippen LogP contribution in [0.3, 0.4) is 0 Å². The van der Waals surface area contributed by atoms with Crippen molar-refractivity contribution in [3.05, 3.63) is 18.2 Å². The van der Waals surface area contributed by atoms with E-state index < -0.39 is 0 Å². The van der Waals surface area contributed by atoms with E-state index >= 15 is 0 Å². The molecule has 1 fully saturated rings. The van der Waals surface area contributed by atoms with E-state index in [-0.39, 0.29) is 6.04 Å². The molecule has 16 heavy (non-hydrogen) atoms. The SMILES string of the molecule is CC(N)c1cncn1C1CCN(C)CC1C. The Labute approximate surface area is 97.4 Å². The van der Waals surface area contributed by atoms with Gasteiger partial charge in [-0.05, 0) is 32.9 Å². The van der Waals surface area contributed by atoms with Crippen LogP contribution in [0.25, 0.3) is 0 Å². The minimum absolute atomic E-state index is 0.0642. The molecule has 0 aliphatic carbocycles. The van der Waals surface area contributed by atoms with E-state index in [0.717, 1.165) is 18.8 Å². The number of piperidine rings is 1. The fourth-order valence-electron chi connectivity index (χ4n) is 2.70. The zero-order chi connectivity index (χ0) is 11.7. The lowest BCUT2D eigenvalue weighted by molar-refractivity contribution is 0.156. The lowest BCUT2D eigenvalue weighted by Gasteiger charge is -2.36. The van der Waals surface area contributed by atoms with Gasteiger partial charge in [-0.25, -0.2) is 4.98 Å². The lowest BCUT2D eigenvalue weighted by Crippen LogP contribution is -2.38. The largest absolute Gasteiger partial charge is 0.330 e. The molecule has 1 aromatic heterocycles. The molecule has 0 amide bonds. The summed E-state index contributed by atoms with van der Waals surface area (Å²) in [5.74, 6) is 0.658. The van der Waals surface area contributed by atoms with Gasteiger partial charge in [-0.3, -0.25) is 0 Å². The highest BCUT2D eigenvalue weighted by molar-refractivity contribution is 5.06. The van der Waals surface area contributed by atoms with Crippen LogP contribution in [0.1, 0.15) is 38.0 Å². The quantitative estimate of drug-likeness (QED) is 0.823. The maximum Gasteiger partial charge on any atom is 0.0951 e. The second-order valence-electron chi connectivity index (χ2n) is 5.11. The third kappa shape index (κ3) is 2.13. The smallest absolute Gasteiger partial charge is 0.0951 e. The number of hydrogen-bond donors (Lipinski definition) is 1. The van der Waals surface area contributed by atoms with Gasteiger partial charge in [0.2, 0.25) is 0 Å². The summed E-state index contributed by atoms with van der Waals surface area (Å²) in [7, 11) is 2.19. The molecular formula is C12H22N4. The van der Waals surface area contributed by atoms with E-state index in [1.807, 2.05) is 19.4 Å². The number of rotatable bonds is 2. The summed E-state index contributed by atoms with van der Waals surface area (Å²) in [4.78, 5) is 6.63. The third-order valence-electron chi connectivity index (χ3n) is 3.58. The van der Waals surface area contributed by atoms with Crippen LogP contribution in [0.5, 0.6) is 0 Å². The molecule has 1 saturated heterocycles. The van der Waals surface area contributed by atoms with Crippen LogP contribution >= 0.6 is 0 Å². The molecular weight excluding hydrogens is 200 g/mol. The predicted molar refractivity (Wildman–Crippen MR) is 65.1 cm³/mol. The van der Waals surface area contributed by atoms with Gasteiger partial charge < -0.3 is 15.2 Å². The number of imidazole rings is 1. The monoisotopic (exact) mass is 222 g/mol. The fraction of sp³-hybridized carbons (Fsp3) is 0.750. The highest BCUT2D eigenvalue weighted by Gasteiger charge is 2.27. The number of hydrogen-bond acceptors (Lipinski definition) is 3. The van der Waals surface area contributed by atoms with Crippen molar-refractivity contribution in [2.45, 2.75) is 32.4 Å². The Balaban J connectivity index is 2.20. The van der Waals surface area contributed by atoms with Crippen LogP contribution in [0.4, 0.5) is 0 Å². The molecule has 0 bridgehead atoms. The number of aromatic nitrogens is 2. The van der Waals surface area contributed by atoms with Crippen LogP contribution in [-0.4, -0.2) is 34.6 Å².